The van der Waals surface area contributed by atoms with Gasteiger partial charge in [-0.1, -0.05) is 18.2 Å². The third kappa shape index (κ3) is 3.08. The number of carbonyl (C=O) groups excluding carboxylic acids is 1. The summed E-state index contributed by atoms with van der Waals surface area (Å²) in [5.74, 6) is 0.173. The van der Waals surface area contributed by atoms with Crippen LogP contribution in [0.3, 0.4) is 0 Å². The molecule has 4 N–H and O–H groups in total. The Bertz CT molecular complexity index is 920. The molecule has 7 heteroatoms. The standard InChI is InChI=1S/C18H18N4O2S/c19-17-14(9-25-22-17)18(24)21-16(11-6-13(23)7-11)12-5-10-3-1-2-4-15(10)20-8-12/h1-5,8-9,11,13,16,23H,6-7H2,(H2,19,22)(H,21,24)/t11?,13?,16-/m1/s1. The molecule has 0 unspecified atom stereocenters. The van der Waals surface area contributed by atoms with E-state index in [9.17, 15) is 9.90 Å². The second kappa shape index (κ2) is 6.42. The Labute approximate surface area is 148 Å². The highest BCUT2D eigenvalue weighted by atomic mass is 32.1. The Morgan fingerprint density at radius 2 is 2.16 bits per heavy atom. The first-order chi connectivity index (χ1) is 12.1. The SMILES string of the molecule is Nc1nscc1C(=O)N[C@@H](c1cnc2ccccc2c1)C1CC(O)C1. The molecule has 1 fully saturated rings. The van der Waals surface area contributed by atoms with E-state index in [1.807, 2.05) is 30.3 Å². The van der Waals surface area contributed by atoms with E-state index in [4.69, 9.17) is 5.73 Å². The molecular formula is C18H18N4O2S. The van der Waals surface area contributed by atoms with Crippen molar-refractivity contribution >= 4 is 34.2 Å². The zero-order chi connectivity index (χ0) is 17.4. The average molecular weight is 354 g/mol. The van der Waals surface area contributed by atoms with Crippen LogP contribution in [-0.4, -0.2) is 26.5 Å². The number of nitrogens with two attached hydrogens (primary N) is 1. The van der Waals surface area contributed by atoms with E-state index in [-0.39, 0.29) is 29.8 Å². The molecule has 3 aromatic rings. The molecule has 0 aliphatic heterocycles. The van der Waals surface area contributed by atoms with Crippen LogP contribution in [0.4, 0.5) is 5.82 Å². The van der Waals surface area contributed by atoms with Crippen LogP contribution in [0.25, 0.3) is 10.9 Å². The van der Waals surface area contributed by atoms with Gasteiger partial charge in [-0.05, 0) is 48.0 Å². The van der Waals surface area contributed by atoms with Gasteiger partial charge in [-0.3, -0.25) is 9.78 Å². The van der Waals surface area contributed by atoms with Crippen LogP contribution >= 0.6 is 11.5 Å². The predicted octanol–water partition coefficient (Wildman–Crippen LogP) is 2.52. The first-order valence-electron chi connectivity index (χ1n) is 8.15. The summed E-state index contributed by atoms with van der Waals surface area (Å²) < 4.78 is 3.96. The predicted molar refractivity (Wildman–Crippen MR) is 97.2 cm³/mol. The van der Waals surface area contributed by atoms with Crippen LogP contribution < -0.4 is 11.1 Å². The highest BCUT2D eigenvalue weighted by Crippen LogP contribution is 2.38. The largest absolute Gasteiger partial charge is 0.393 e. The van der Waals surface area contributed by atoms with Crippen molar-refractivity contribution in [1.29, 1.82) is 0 Å². The first kappa shape index (κ1) is 16.0. The number of carbonyl (C=O) groups is 1. The van der Waals surface area contributed by atoms with Gasteiger partial charge in [0.25, 0.3) is 5.91 Å². The second-order valence-corrected chi connectivity index (χ2v) is 7.04. The smallest absolute Gasteiger partial charge is 0.256 e. The molecule has 2 aromatic heterocycles. The number of aliphatic hydroxyl groups excluding tert-OH is 1. The summed E-state index contributed by atoms with van der Waals surface area (Å²) in [5, 5.41) is 15.4. The van der Waals surface area contributed by atoms with Crippen molar-refractivity contribution in [3.8, 4) is 0 Å². The lowest BCUT2D eigenvalue weighted by Gasteiger charge is -2.38. The van der Waals surface area contributed by atoms with Crippen molar-refractivity contribution in [1.82, 2.24) is 14.7 Å². The quantitative estimate of drug-likeness (QED) is 0.668. The summed E-state index contributed by atoms with van der Waals surface area (Å²) >= 11 is 1.16. The van der Waals surface area contributed by atoms with Gasteiger partial charge in [0.15, 0.2) is 0 Å². The third-order valence-corrected chi connectivity index (χ3v) is 5.36. The molecule has 1 aliphatic rings. The van der Waals surface area contributed by atoms with Gasteiger partial charge in [-0.2, -0.15) is 4.37 Å². The molecule has 6 nitrogen and oxygen atoms in total. The number of nitrogens with zero attached hydrogens (tertiary/aromatic N) is 2. The maximum atomic E-state index is 12.6. The zero-order valence-electron chi connectivity index (χ0n) is 13.4. The van der Waals surface area contributed by atoms with E-state index in [0.29, 0.717) is 18.4 Å². The third-order valence-electron chi connectivity index (χ3n) is 4.72. The summed E-state index contributed by atoms with van der Waals surface area (Å²) in [6, 6.07) is 9.70. The molecule has 128 valence electrons. The lowest BCUT2D eigenvalue weighted by Crippen LogP contribution is -2.41. The molecule has 1 atom stereocenters. The molecule has 2 heterocycles. The summed E-state index contributed by atoms with van der Waals surface area (Å²) in [6.07, 6.45) is 2.82. The summed E-state index contributed by atoms with van der Waals surface area (Å²) in [6.45, 7) is 0. The number of benzene rings is 1. The van der Waals surface area contributed by atoms with Gasteiger partial charge in [0.05, 0.1) is 23.2 Å². The number of pyridine rings is 1. The Morgan fingerprint density at radius 1 is 1.36 bits per heavy atom. The van der Waals surface area contributed by atoms with Gasteiger partial charge < -0.3 is 16.2 Å². The van der Waals surface area contributed by atoms with Gasteiger partial charge in [0.2, 0.25) is 0 Å². The number of fused-ring (bicyclic) bond motifs is 1. The number of aromatic nitrogens is 2. The maximum Gasteiger partial charge on any atom is 0.256 e. The molecule has 0 saturated heterocycles. The Kier molecular flexibility index (Phi) is 4.10. The zero-order valence-corrected chi connectivity index (χ0v) is 14.2. The lowest BCUT2D eigenvalue weighted by atomic mass is 9.75. The molecule has 0 bridgehead atoms. The second-order valence-electron chi connectivity index (χ2n) is 6.41. The number of rotatable bonds is 4. The minimum absolute atomic E-state index is 0.176. The number of aliphatic hydroxyl groups is 1. The van der Waals surface area contributed by atoms with Crippen molar-refractivity contribution in [3.05, 3.63) is 53.0 Å². The number of nitrogen functional groups attached to an aromatic ring is 1. The molecule has 4 rings (SSSR count). The highest BCUT2D eigenvalue weighted by Gasteiger charge is 2.36. The van der Waals surface area contributed by atoms with Gasteiger partial charge >= 0.3 is 0 Å². The van der Waals surface area contributed by atoms with Gasteiger partial charge in [0, 0.05) is 17.0 Å². The van der Waals surface area contributed by atoms with Crippen molar-refractivity contribution in [2.24, 2.45) is 5.92 Å². The molecular weight excluding hydrogens is 336 g/mol. The van der Waals surface area contributed by atoms with Crippen LogP contribution in [0, 0.1) is 5.92 Å². The van der Waals surface area contributed by atoms with Crippen molar-refractivity contribution in [2.75, 3.05) is 5.73 Å². The minimum atomic E-state index is -0.300. The molecule has 0 radical (unpaired) electrons. The van der Waals surface area contributed by atoms with Crippen LogP contribution in [0.5, 0.6) is 0 Å². The number of hydrogen-bond donors (Lipinski definition) is 3. The molecule has 25 heavy (non-hydrogen) atoms. The monoisotopic (exact) mass is 354 g/mol. The number of para-hydroxylation sites is 1. The fraction of sp³-hybridized carbons (Fsp3) is 0.278. The number of amides is 1. The van der Waals surface area contributed by atoms with Crippen LogP contribution in [0.2, 0.25) is 0 Å². The Morgan fingerprint density at radius 3 is 2.88 bits per heavy atom. The average Bonchev–Trinajstić information content (AvgIpc) is 3.03. The van der Waals surface area contributed by atoms with Crippen molar-refractivity contribution in [3.63, 3.8) is 0 Å². The molecule has 1 aromatic carbocycles. The molecule has 1 amide bonds. The number of hydrogen-bond acceptors (Lipinski definition) is 6. The van der Waals surface area contributed by atoms with Crippen LogP contribution in [-0.2, 0) is 0 Å². The van der Waals surface area contributed by atoms with E-state index >= 15 is 0 Å². The minimum Gasteiger partial charge on any atom is -0.393 e. The molecule has 0 spiro atoms. The summed E-state index contributed by atoms with van der Waals surface area (Å²) in [5.41, 5.74) is 8.00. The van der Waals surface area contributed by atoms with E-state index in [2.05, 4.69) is 14.7 Å². The number of nitrogens with one attached hydrogen (secondary N) is 1. The van der Waals surface area contributed by atoms with Crippen LogP contribution in [0.1, 0.15) is 34.8 Å². The molecule has 1 aliphatic carbocycles. The van der Waals surface area contributed by atoms with Gasteiger partial charge in [0.1, 0.15) is 5.82 Å². The van der Waals surface area contributed by atoms with Gasteiger partial charge in [-0.15, -0.1) is 0 Å². The van der Waals surface area contributed by atoms with E-state index in [0.717, 1.165) is 28.0 Å². The van der Waals surface area contributed by atoms with Crippen LogP contribution in [0.15, 0.2) is 41.9 Å². The Hall–Kier alpha value is -2.51. The fourth-order valence-corrected chi connectivity index (χ4v) is 3.87. The van der Waals surface area contributed by atoms with E-state index in [1.165, 1.54) is 0 Å². The normalized spacial score (nSPS) is 20.8. The lowest BCUT2D eigenvalue weighted by molar-refractivity contribution is 0.0235. The van der Waals surface area contributed by atoms with E-state index < -0.39 is 0 Å². The Balaban J connectivity index is 1.65. The summed E-state index contributed by atoms with van der Waals surface area (Å²) in [7, 11) is 0. The van der Waals surface area contributed by atoms with E-state index in [1.54, 1.807) is 11.6 Å². The van der Waals surface area contributed by atoms with Crippen molar-refractivity contribution in [2.45, 2.75) is 25.0 Å². The topological polar surface area (TPSA) is 101 Å². The van der Waals surface area contributed by atoms with Gasteiger partial charge in [-0.25, -0.2) is 0 Å². The van der Waals surface area contributed by atoms with Crippen molar-refractivity contribution < 1.29 is 9.90 Å². The highest BCUT2D eigenvalue weighted by molar-refractivity contribution is 7.04. The fourth-order valence-electron chi connectivity index (χ4n) is 3.27. The number of anilines is 1. The molecule has 1 saturated carbocycles. The maximum absolute atomic E-state index is 12.6. The first-order valence-corrected chi connectivity index (χ1v) is 8.99. The summed E-state index contributed by atoms with van der Waals surface area (Å²) in [4.78, 5) is 17.1.